The predicted molar refractivity (Wildman–Crippen MR) is 75.8 cm³/mol. The molecule has 0 bridgehead atoms. The molecule has 4 heteroatoms. The lowest BCUT2D eigenvalue weighted by Gasteiger charge is -2.14. The van der Waals surface area contributed by atoms with Crippen LogP contribution in [-0.4, -0.2) is 11.5 Å². The summed E-state index contributed by atoms with van der Waals surface area (Å²) in [5.74, 6) is -0.375. The topological polar surface area (TPSA) is 24.9 Å². The average molecular weight is 279 g/mol. The van der Waals surface area contributed by atoms with Crippen LogP contribution in [0.5, 0.6) is 0 Å². The molecular weight excluding hydrogens is 263 g/mol. The zero-order chi connectivity index (χ0) is 13.7. The fourth-order valence-corrected chi connectivity index (χ4v) is 2.00. The summed E-state index contributed by atoms with van der Waals surface area (Å²) in [6.45, 7) is 2.82. The Morgan fingerprint density at radius 1 is 1.37 bits per heavy atom. The minimum atomic E-state index is -0.375. The third-order valence-electron chi connectivity index (χ3n) is 3.03. The van der Waals surface area contributed by atoms with Crippen molar-refractivity contribution in [1.82, 2.24) is 10.3 Å². The summed E-state index contributed by atoms with van der Waals surface area (Å²) in [7, 11) is 0. The van der Waals surface area contributed by atoms with E-state index in [2.05, 4.69) is 10.3 Å². The second-order valence-corrected chi connectivity index (χ2v) is 4.87. The van der Waals surface area contributed by atoms with E-state index in [9.17, 15) is 4.39 Å². The Kier molecular flexibility index (Phi) is 4.88. The second-order valence-electron chi connectivity index (χ2n) is 4.46. The predicted octanol–water partition coefficient (Wildman–Crippen LogP) is 3.77. The minimum absolute atomic E-state index is 0.0865. The minimum Gasteiger partial charge on any atom is -0.310 e. The van der Waals surface area contributed by atoms with Crippen LogP contribution in [0.4, 0.5) is 4.39 Å². The highest BCUT2D eigenvalue weighted by atomic mass is 35.5. The Morgan fingerprint density at radius 2 is 2.21 bits per heavy atom. The molecule has 0 aliphatic heterocycles. The fourth-order valence-electron chi connectivity index (χ4n) is 1.88. The quantitative estimate of drug-likeness (QED) is 0.901. The zero-order valence-electron chi connectivity index (χ0n) is 10.7. The average Bonchev–Trinajstić information content (AvgIpc) is 2.43. The Bertz CT molecular complexity index is 531. The van der Waals surface area contributed by atoms with E-state index in [0.717, 1.165) is 18.5 Å². The molecular formula is C15H16ClFN2. The van der Waals surface area contributed by atoms with E-state index in [1.807, 2.05) is 31.3 Å². The first-order valence-electron chi connectivity index (χ1n) is 6.24. The van der Waals surface area contributed by atoms with Gasteiger partial charge in [0.15, 0.2) is 0 Å². The number of halogens is 2. The Hall–Kier alpha value is -1.45. The molecule has 2 aromatic rings. The summed E-state index contributed by atoms with van der Waals surface area (Å²) in [5, 5.41) is 3.52. The molecule has 1 heterocycles. The number of hydrogen-bond donors (Lipinski definition) is 1. The van der Waals surface area contributed by atoms with Gasteiger partial charge in [-0.2, -0.15) is 0 Å². The van der Waals surface area contributed by atoms with Crippen molar-refractivity contribution in [1.29, 1.82) is 0 Å². The number of hydrogen-bond acceptors (Lipinski definition) is 2. The van der Waals surface area contributed by atoms with E-state index in [-0.39, 0.29) is 16.9 Å². The lowest BCUT2D eigenvalue weighted by atomic mass is 10.1. The first kappa shape index (κ1) is 14.0. The van der Waals surface area contributed by atoms with Gasteiger partial charge in [-0.1, -0.05) is 23.7 Å². The molecule has 0 spiro atoms. The molecule has 0 aliphatic rings. The van der Waals surface area contributed by atoms with Crippen LogP contribution in [-0.2, 0) is 6.42 Å². The summed E-state index contributed by atoms with van der Waals surface area (Å²) >= 11 is 5.67. The maximum absolute atomic E-state index is 13.4. The number of nitrogens with one attached hydrogen (secondary N) is 1. The second kappa shape index (κ2) is 6.64. The van der Waals surface area contributed by atoms with Crippen LogP contribution in [0.15, 0.2) is 42.7 Å². The molecule has 1 atom stereocenters. The molecule has 0 amide bonds. The van der Waals surface area contributed by atoms with Crippen molar-refractivity contribution in [2.24, 2.45) is 0 Å². The third-order valence-corrected chi connectivity index (χ3v) is 3.34. The number of aromatic nitrogens is 1. The van der Waals surface area contributed by atoms with E-state index >= 15 is 0 Å². The number of pyridine rings is 1. The van der Waals surface area contributed by atoms with E-state index in [1.165, 1.54) is 11.6 Å². The smallest absolute Gasteiger partial charge is 0.142 e. The first-order chi connectivity index (χ1) is 9.16. The van der Waals surface area contributed by atoms with Gasteiger partial charge >= 0.3 is 0 Å². The van der Waals surface area contributed by atoms with Crippen LogP contribution in [0.3, 0.4) is 0 Å². The summed E-state index contributed by atoms with van der Waals surface area (Å²) in [6.07, 6.45) is 4.51. The van der Waals surface area contributed by atoms with Gasteiger partial charge in [0.1, 0.15) is 5.82 Å². The lowest BCUT2D eigenvalue weighted by molar-refractivity contribution is 0.567. The normalized spacial score (nSPS) is 12.4. The molecule has 0 aliphatic carbocycles. The molecule has 1 N–H and O–H groups in total. The van der Waals surface area contributed by atoms with Crippen LogP contribution >= 0.6 is 11.6 Å². The summed E-state index contributed by atoms with van der Waals surface area (Å²) in [5.41, 5.74) is 2.08. The molecule has 100 valence electrons. The van der Waals surface area contributed by atoms with Crippen LogP contribution < -0.4 is 5.32 Å². The van der Waals surface area contributed by atoms with E-state index in [1.54, 1.807) is 12.3 Å². The van der Waals surface area contributed by atoms with Gasteiger partial charge in [0, 0.05) is 18.4 Å². The highest BCUT2D eigenvalue weighted by molar-refractivity contribution is 6.30. The lowest BCUT2D eigenvalue weighted by Crippen LogP contribution is -2.21. The van der Waals surface area contributed by atoms with Crippen molar-refractivity contribution in [2.45, 2.75) is 19.4 Å². The van der Waals surface area contributed by atoms with Gasteiger partial charge in [-0.3, -0.25) is 4.98 Å². The van der Waals surface area contributed by atoms with Gasteiger partial charge in [-0.05, 0) is 49.2 Å². The van der Waals surface area contributed by atoms with Gasteiger partial charge in [-0.15, -0.1) is 0 Å². The van der Waals surface area contributed by atoms with Gasteiger partial charge in [0.25, 0.3) is 0 Å². The van der Waals surface area contributed by atoms with Crippen LogP contribution in [0, 0.1) is 5.82 Å². The van der Waals surface area contributed by atoms with Crippen molar-refractivity contribution < 1.29 is 4.39 Å². The molecule has 2 nitrogen and oxygen atoms in total. The monoisotopic (exact) mass is 278 g/mol. The molecule has 0 saturated heterocycles. The van der Waals surface area contributed by atoms with Crippen molar-refractivity contribution in [2.75, 3.05) is 6.54 Å². The van der Waals surface area contributed by atoms with Gasteiger partial charge in [0.05, 0.1) is 5.02 Å². The number of rotatable bonds is 5. The maximum Gasteiger partial charge on any atom is 0.142 e. The third kappa shape index (κ3) is 4.01. The molecule has 1 aromatic heterocycles. The largest absolute Gasteiger partial charge is 0.310 e. The van der Waals surface area contributed by atoms with Gasteiger partial charge in [-0.25, -0.2) is 4.39 Å². The number of nitrogens with zero attached hydrogens (tertiary/aromatic N) is 1. The van der Waals surface area contributed by atoms with Crippen molar-refractivity contribution >= 4 is 11.6 Å². The molecule has 2 rings (SSSR count). The SMILES string of the molecule is CC(NCCc1cccnc1)c1ccc(Cl)c(F)c1. The van der Waals surface area contributed by atoms with E-state index < -0.39 is 0 Å². The molecule has 0 radical (unpaired) electrons. The molecule has 0 saturated carbocycles. The van der Waals surface area contributed by atoms with Gasteiger partial charge in [0.2, 0.25) is 0 Å². The standard InChI is InChI=1S/C15H16ClFN2/c1-11(13-4-5-14(16)15(17)9-13)19-8-6-12-3-2-7-18-10-12/h2-5,7,9-11,19H,6,8H2,1H3. The van der Waals surface area contributed by atoms with Crippen molar-refractivity contribution in [3.63, 3.8) is 0 Å². The Morgan fingerprint density at radius 3 is 2.89 bits per heavy atom. The Labute approximate surface area is 117 Å². The van der Waals surface area contributed by atoms with Crippen LogP contribution in [0.25, 0.3) is 0 Å². The summed E-state index contributed by atoms with van der Waals surface area (Å²) in [4.78, 5) is 4.07. The Balaban J connectivity index is 1.87. The first-order valence-corrected chi connectivity index (χ1v) is 6.62. The highest BCUT2D eigenvalue weighted by Crippen LogP contribution is 2.19. The zero-order valence-corrected chi connectivity index (χ0v) is 11.5. The van der Waals surface area contributed by atoms with Crippen LogP contribution in [0.2, 0.25) is 5.02 Å². The maximum atomic E-state index is 13.4. The number of benzene rings is 1. The molecule has 1 unspecified atom stereocenters. The van der Waals surface area contributed by atoms with Crippen molar-refractivity contribution in [3.8, 4) is 0 Å². The van der Waals surface area contributed by atoms with E-state index in [4.69, 9.17) is 11.6 Å². The van der Waals surface area contributed by atoms with Crippen molar-refractivity contribution in [3.05, 3.63) is 64.7 Å². The molecule has 1 aromatic carbocycles. The summed E-state index contributed by atoms with van der Waals surface area (Å²) < 4.78 is 13.4. The van der Waals surface area contributed by atoms with Gasteiger partial charge < -0.3 is 5.32 Å². The fraction of sp³-hybridized carbons (Fsp3) is 0.267. The molecule has 19 heavy (non-hydrogen) atoms. The van der Waals surface area contributed by atoms with Crippen LogP contribution in [0.1, 0.15) is 24.1 Å². The van der Waals surface area contributed by atoms with E-state index in [0.29, 0.717) is 0 Å². The highest BCUT2D eigenvalue weighted by Gasteiger charge is 2.07. The summed E-state index contributed by atoms with van der Waals surface area (Å²) in [6, 6.07) is 8.96. The molecule has 0 fully saturated rings.